The topological polar surface area (TPSA) is 91.3 Å². The predicted octanol–water partition coefficient (Wildman–Crippen LogP) is 4.62. The van der Waals surface area contributed by atoms with Gasteiger partial charge in [0.1, 0.15) is 17.3 Å². The van der Waals surface area contributed by atoms with Crippen molar-refractivity contribution in [3.63, 3.8) is 0 Å². The molecule has 0 aliphatic carbocycles. The van der Waals surface area contributed by atoms with Gasteiger partial charge >= 0.3 is 12.1 Å². The van der Waals surface area contributed by atoms with Crippen molar-refractivity contribution in [3.05, 3.63) is 59.8 Å². The molecule has 1 aliphatic rings. The van der Waals surface area contributed by atoms with Crippen LogP contribution in [0.4, 0.5) is 23.4 Å². The lowest BCUT2D eigenvalue weighted by Crippen LogP contribution is -2.36. The number of benzene rings is 1. The highest BCUT2D eigenvalue weighted by molar-refractivity contribution is 5.88. The van der Waals surface area contributed by atoms with Crippen LogP contribution in [0.25, 0.3) is 11.4 Å². The van der Waals surface area contributed by atoms with Crippen LogP contribution in [0.1, 0.15) is 28.9 Å². The van der Waals surface area contributed by atoms with Crippen LogP contribution in [0, 0.1) is 11.7 Å². The van der Waals surface area contributed by atoms with Crippen molar-refractivity contribution in [1.29, 1.82) is 0 Å². The van der Waals surface area contributed by atoms with E-state index in [0.717, 1.165) is 19.0 Å². The van der Waals surface area contributed by atoms with Crippen LogP contribution in [0.3, 0.4) is 0 Å². The van der Waals surface area contributed by atoms with E-state index in [2.05, 4.69) is 19.9 Å². The second kappa shape index (κ2) is 9.08. The van der Waals surface area contributed by atoms with Crippen LogP contribution in [-0.4, -0.2) is 45.7 Å². The minimum atomic E-state index is -4.49. The van der Waals surface area contributed by atoms with Crippen LogP contribution >= 0.6 is 0 Å². The summed E-state index contributed by atoms with van der Waals surface area (Å²) in [5, 5.41) is 9.00. The average molecular weight is 464 g/mol. The number of halogens is 4. The van der Waals surface area contributed by atoms with E-state index in [4.69, 9.17) is 9.84 Å². The molecule has 0 atom stereocenters. The maximum atomic E-state index is 14.2. The van der Waals surface area contributed by atoms with Gasteiger partial charge in [-0.3, -0.25) is 0 Å². The molecule has 1 fully saturated rings. The molecule has 33 heavy (non-hydrogen) atoms. The number of hydrogen-bond acceptors (Lipinski definition) is 5. The Morgan fingerprint density at radius 1 is 1.15 bits per heavy atom. The molecule has 0 saturated carbocycles. The van der Waals surface area contributed by atoms with Gasteiger partial charge in [-0.05, 0) is 43.0 Å². The molecular formula is C22H20F4N4O3. The number of piperidine rings is 1. The van der Waals surface area contributed by atoms with Crippen molar-refractivity contribution in [2.75, 3.05) is 24.6 Å². The Bertz CT molecular complexity index is 1120. The number of aromatic nitrogens is 3. The number of nitrogens with one attached hydrogen (secondary N) is 1. The third-order valence-corrected chi connectivity index (χ3v) is 5.51. The normalized spacial score (nSPS) is 15.0. The molecule has 1 aromatic carbocycles. The summed E-state index contributed by atoms with van der Waals surface area (Å²) >= 11 is 0. The average Bonchev–Trinajstić information content (AvgIpc) is 3.30. The summed E-state index contributed by atoms with van der Waals surface area (Å²) in [7, 11) is 0. The van der Waals surface area contributed by atoms with E-state index in [1.807, 2.05) is 0 Å². The first-order chi connectivity index (χ1) is 15.7. The largest absolute Gasteiger partial charge is 0.490 e. The summed E-state index contributed by atoms with van der Waals surface area (Å²) in [6, 6.07) is 7.41. The number of alkyl halides is 3. The fraction of sp³-hybridized carbons (Fsp3) is 0.318. The van der Waals surface area contributed by atoms with E-state index < -0.39 is 29.2 Å². The van der Waals surface area contributed by atoms with Gasteiger partial charge in [-0.2, -0.15) is 13.2 Å². The van der Waals surface area contributed by atoms with Crippen molar-refractivity contribution in [3.8, 4) is 17.1 Å². The van der Waals surface area contributed by atoms with Crippen LogP contribution in [0.5, 0.6) is 5.75 Å². The Hall–Kier alpha value is -3.63. The maximum Gasteiger partial charge on any atom is 0.432 e. The summed E-state index contributed by atoms with van der Waals surface area (Å²) in [5.74, 6) is -1.36. The first-order valence-electron chi connectivity index (χ1n) is 10.2. The highest BCUT2D eigenvalue weighted by atomic mass is 19.4. The highest BCUT2D eigenvalue weighted by Crippen LogP contribution is 2.30. The number of nitrogens with zero attached hydrogens (tertiary/aromatic N) is 3. The number of ether oxygens (including phenoxy) is 1. The molecule has 174 valence electrons. The summed E-state index contributed by atoms with van der Waals surface area (Å²) < 4.78 is 57.9. The van der Waals surface area contributed by atoms with Gasteiger partial charge in [-0.25, -0.2) is 19.2 Å². The summed E-state index contributed by atoms with van der Waals surface area (Å²) in [4.78, 5) is 23.5. The smallest absolute Gasteiger partial charge is 0.432 e. The standard InChI is InChI=1S/C22H20F4N4O3/c23-19-15(21(31)32)2-1-3-16(19)33-12-13-6-8-30(9-7-13)18-5-4-14(10-27-18)20-28-11-17(29-20)22(24,25)26/h1-5,10-11,13H,6-9,12H2,(H,28,29)(H,31,32). The molecule has 0 unspecified atom stereocenters. The Morgan fingerprint density at radius 3 is 2.52 bits per heavy atom. The monoisotopic (exact) mass is 464 g/mol. The zero-order valence-electron chi connectivity index (χ0n) is 17.3. The Balaban J connectivity index is 1.32. The number of hydrogen-bond donors (Lipinski definition) is 2. The first-order valence-corrected chi connectivity index (χ1v) is 10.2. The van der Waals surface area contributed by atoms with Crippen LogP contribution in [-0.2, 0) is 6.18 Å². The quantitative estimate of drug-likeness (QED) is 0.518. The molecule has 0 spiro atoms. The highest BCUT2D eigenvalue weighted by Gasteiger charge is 2.33. The molecule has 1 aliphatic heterocycles. The number of anilines is 1. The summed E-state index contributed by atoms with van der Waals surface area (Å²) in [6.45, 7) is 1.62. The molecule has 7 nitrogen and oxygen atoms in total. The van der Waals surface area contributed by atoms with E-state index in [0.29, 0.717) is 24.5 Å². The second-order valence-electron chi connectivity index (χ2n) is 7.71. The molecule has 1 saturated heterocycles. The predicted molar refractivity (Wildman–Crippen MR) is 111 cm³/mol. The molecule has 0 bridgehead atoms. The molecule has 2 N–H and O–H groups in total. The number of aromatic amines is 1. The zero-order valence-corrected chi connectivity index (χ0v) is 17.3. The van der Waals surface area contributed by atoms with Gasteiger partial charge in [0.2, 0.25) is 0 Å². The van der Waals surface area contributed by atoms with Crippen molar-refractivity contribution < 1.29 is 32.2 Å². The summed E-state index contributed by atoms with van der Waals surface area (Å²) in [5.41, 5.74) is -0.899. The minimum absolute atomic E-state index is 0.0822. The van der Waals surface area contributed by atoms with Crippen molar-refractivity contribution in [2.45, 2.75) is 19.0 Å². The summed E-state index contributed by atoms with van der Waals surface area (Å²) in [6.07, 6.45) is -0.743. The minimum Gasteiger partial charge on any atom is -0.490 e. The molecule has 0 amide bonds. The van der Waals surface area contributed by atoms with Gasteiger partial charge in [-0.1, -0.05) is 6.07 Å². The molecule has 0 radical (unpaired) electrons. The van der Waals surface area contributed by atoms with Gasteiger partial charge < -0.3 is 19.7 Å². The van der Waals surface area contributed by atoms with Gasteiger partial charge in [0.15, 0.2) is 11.6 Å². The number of imidazole rings is 1. The number of rotatable bonds is 6. The van der Waals surface area contributed by atoms with Crippen molar-refractivity contribution in [1.82, 2.24) is 15.0 Å². The molecular weight excluding hydrogens is 444 g/mol. The number of H-pyrrole nitrogens is 1. The number of carboxylic acid groups (broad SMARTS) is 1. The lowest BCUT2D eigenvalue weighted by atomic mass is 9.98. The van der Waals surface area contributed by atoms with Gasteiger partial charge in [-0.15, -0.1) is 0 Å². The molecule has 11 heteroatoms. The molecule has 3 heterocycles. The van der Waals surface area contributed by atoms with Gasteiger partial charge in [0, 0.05) is 24.8 Å². The van der Waals surface area contributed by atoms with Crippen LogP contribution < -0.4 is 9.64 Å². The van der Waals surface area contributed by atoms with Gasteiger partial charge in [0.25, 0.3) is 0 Å². The van der Waals surface area contributed by atoms with Crippen LogP contribution in [0.2, 0.25) is 0 Å². The van der Waals surface area contributed by atoms with E-state index in [1.54, 1.807) is 12.1 Å². The number of carbonyl (C=O) groups is 1. The Labute approximate surface area is 186 Å². The van der Waals surface area contributed by atoms with Crippen molar-refractivity contribution >= 4 is 11.8 Å². The third-order valence-electron chi connectivity index (χ3n) is 5.51. The Morgan fingerprint density at radius 2 is 1.91 bits per heavy atom. The number of pyridine rings is 1. The SMILES string of the molecule is O=C(O)c1cccc(OCC2CCN(c3ccc(-c4ncc(C(F)(F)F)[nH]4)cn3)CC2)c1F. The van der Waals surface area contributed by atoms with Gasteiger partial charge in [0.05, 0.1) is 18.4 Å². The zero-order chi connectivity index (χ0) is 23.6. The number of carboxylic acids is 1. The fourth-order valence-electron chi connectivity index (χ4n) is 3.65. The van der Waals surface area contributed by atoms with E-state index >= 15 is 0 Å². The molecule has 4 rings (SSSR count). The maximum absolute atomic E-state index is 14.2. The number of aromatic carboxylic acids is 1. The first kappa shape index (κ1) is 22.6. The molecule has 3 aromatic rings. The second-order valence-corrected chi connectivity index (χ2v) is 7.71. The molecule has 2 aromatic heterocycles. The lowest BCUT2D eigenvalue weighted by Gasteiger charge is -2.32. The Kier molecular flexibility index (Phi) is 6.21. The van der Waals surface area contributed by atoms with Crippen LogP contribution in [0.15, 0.2) is 42.7 Å². The fourth-order valence-corrected chi connectivity index (χ4v) is 3.65. The van der Waals surface area contributed by atoms with E-state index in [-0.39, 0.29) is 24.1 Å². The van der Waals surface area contributed by atoms with Crippen molar-refractivity contribution in [2.24, 2.45) is 5.92 Å². The lowest BCUT2D eigenvalue weighted by molar-refractivity contribution is -0.140. The third kappa shape index (κ3) is 5.07. The van der Waals surface area contributed by atoms with E-state index in [1.165, 1.54) is 24.4 Å². The van der Waals surface area contributed by atoms with E-state index in [9.17, 15) is 22.4 Å².